The number of nitrogens with zero attached hydrogens (tertiary/aromatic N) is 2. The van der Waals surface area contributed by atoms with Crippen molar-refractivity contribution in [1.82, 2.24) is 20.9 Å². The maximum Gasteiger partial charge on any atom is 0.347 e. The second kappa shape index (κ2) is 8.15. The molecule has 13 nitrogen and oxygen atoms in total. The van der Waals surface area contributed by atoms with Gasteiger partial charge in [-0.15, -0.1) is 0 Å². The minimum absolute atomic E-state index is 0.0483. The molecule has 3 amide bonds. The van der Waals surface area contributed by atoms with Gasteiger partial charge >= 0.3 is 11.9 Å². The lowest BCUT2D eigenvalue weighted by Crippen LogP contribution is -2.92. The Morgan fingerprint density at radius 1 is 1.24 bits per heavy atom. The fraction of sp³-hybridized carbons (Fsp3) is 0.542. The molecule has 4 aliphatic heterocycles. The number of hydrogen-bond donors (Lipinski definition) is 8. The molecule has 0 bridgehead atoms. The molecule has 1 aromatic carbocycles. The summed E-state index contributed by atoms with van der Waals surface area (Å²) in [5, 5.41) is 31.9. The van der Waals surface area contributed by atoms with Gasteiger partial charge in [0.25, 0.3) is 17.4 Å². The van der Waals surface area contributed by atoms with E-state index in [-0.39, 0.29) is 55.1 Å². The van der Waals surface area contributed by atoms with E-state index >= 15 is 0 Å². The molecule has 4 atom stereocenters. The maximum atomic E-state index is 13.2. The molecule has 5 rings (SSSR count). The van der Waals surface area contributed by atoms with Crippen molar-refractivity contribution in [1.29, 1.82) is 0 Å². The molecule has 4 heterocycles. The first kappa shape index (κ1) is 25.0. The van der Waals surface area contributed by atoms with Crippen LogP contribution in [0.25, 0.3) is 0 Å². The van der Waals surface area contributed by atoms with Gasteiger partial charge in [0, 0.05) is 18.4 Å². The Balaban J connectivity index is 1.45. The van der Waals surface area contributed by atoms with Gasteiger partial charge in [0.15, 0.2) is 6.04 Å². The second-order valence-electron chi connectivity index (χ2n) is 11.2. The van der Waals surface area contributed by atoms with Crippen molar-refractivity contribution in [3.63, 3.8) is 0 Å². The number of imide groups is 1. The van der Waals surface area contributed by atoms with Gasteiger partial charge in [0.05, 0.1) is 13.1 Å². The third-order valence-corrected chi connectivity index (χ3v) is 7.78. The Morgan fingerprint density at radius 3 is 2.57 bits per heavy atom. The minimum atomic E-state index is -2.56. The average Bonchev–Trinajstić information content (AvgIpc) is 3.41. The summed E-state index contributed by atoms with van der Waals surface area (Å²) in [6, 6.07) is 4.45. The topological polar surface area (TPSA) is 200 Å². The normalized spacial score (nSPS) is 30.5. The minimum Gasteiger partial charge on any atom is -0.358 e. The van der Waals surface area contributed by atoms with Crippen LogP contribution in [0.1, 0.15) is 49.5 Å². The number of carbonyl (C=O) groups excluding carboxylic acids is 3. The number of guanidine groups is 2. The molecule has 2 saturated heterocycles. The molecular formula is C24H34N8O5+2. The highest BCUT2D eigenvalue weighted by Gasteiger charge is 2.78. The molecule has 1 unspecified atom stereocenters. The molecule has 198 valence electrons. The number of hydrogen-bond acceptors (Lipinski definition) is 9. The number of benzene rings is 1. The first-order valence-electron chi connectivity index (χ1n) is 12.3. The summed E-state index contributed by atoms with van der Waals surface area (Å²) in [6.45, 7) is 6.01. The van der Waals surface area contributed by atoms with Crippen molar-refractivity contribution in [2.24, 2.45) is 11.5 Å². The lowest BCUT2D eigenvalue weighted by Gasteiger charge is -2.41. The van der Waals surface area contributed by atoms with Crippen LogP contribution in [0.5, 0.6) is 0 Å². The van der Waals surface area contributed by atoms with E-state index in [4.69, 9.17) is 11.5 Å². The van der Waals surface area contributed by atoms with Gasteiger partial charge in [-0.05, 0) is 23.1 Å². The molecule has 1 aromatic rings. The van der Waals surface area contributed by atoms with Crippen molar-refractivity contribution in [3.8, 4) is 0 Å². The molecule has 1 spiro atoms. The predicted octanol–water partition coefficient (Wildman–Crippen LogP) is -4.71. The standard InChI is InChI=1S/C24H32N8O5/c1-22(2,3)13-6-4-5-12(9-13)19(35)28-15-11-32-21(26)27-14(10-31-16(33)7-8-17(31)34)18-23(32,24(15,36)37)30-20(25)29-18/h4-6,9,14-15,18,36-37H,7-8,10-11H2,1-3H3,(H6,25,26,27,28,29,30,35)/p+2/t14-,15?,18-,23-/m0/s1. The number of nitrogens with two attached hydrogens (primary N) is 2. The van der Waals surface area contributed by atoms with Crippen LogP contribution in [0.4, 0.5) is 0 Å². The van der Waals surface area contributed by atoms with Crippen molar-refractivity contribution < 1.29 is 34.2 Å². The highest BCUT2D eigenvalue weighted by atomic mass is 16.5. The summed E-state index contributed by atoms with van der Waals surface area (Å²) in [5.41, 5.74) is 11.9. The molecule has 2 fully saturated rings. The van der Waals surface area contributed by atoms with Crippen molar-refractivity contribution in [2.75, 3.05) is 13.1 Å². The zero-order chi connectivity index (χ0) is 26.9. The monoisotopic (exact) mass is 514 g/mol. The number of amides is 3. The first-order chi connectivity index (χ1) is 17.3. The van der Waals surface area contributed by atoms with Crippen LogP contribution < -0.4 is 32.4 Å². The number of carbonyl (C=O) groups is 3. The molecule has 0 radical (unpaired) electrons. The third-order valence-electron chi connectivity index (χ3n) is 7.78. The SMILES string of the molecule is CC(C)(C)c1cccc(C(=O)NC2C[N+]3=C(N)N[C@@H](CN4C(=O)CCC4=O)[C@@H]4[NH+]=C(N)N[C@@]43C2(O)O)c1. The van der Waals surface area contributed by atoms with Crippen molar-refractivity contribution in [3.05, 3.63) is 35.4 Å². The Bertz CT molecular complexity index is 1240. The van der Waals surface area contributed by atoms with E-state index in [1.807, 2.05) is 26.8 Å². The van der Waals surface area contributed by atoms with Gasteiger partial charge in [0.1, 0.15) is 12.1 Å². The first-order valence-corrected chi connectivity index (χ1v) is 12.3. The second-order valence-corrected chi connectivity index (χ2v) is 11.2. The van der Waals surface area contributed by atoms with Gasteiger partial charge in [-0.2, -0.15) is 0 Å². The largest absolute Gasteiger partial charge is 0.358 e. The molecule has 0 aromatic heterocycles. The van der Waals surface area contributed by atoms with Crippen LogP contribution in [-0.4, -0.2) is 92.0 Å². The van der Waals surface area contributed by atoms with Crippen LogP contribution in [0.2, 0.25) is 0 Å². The number of nitrogens with one attached hydrogen (secondary N) is 4. The summed E-state index contributed by atoms with van der Waals surface area (Å²) in [5.74, 6) is -3.50. The van der Waals surface area contributed by atoms with Gasteiger partial charge in [-0.3, -0.25) is 41.1 Å². The Morgan fingerprint density at radius 2 is 1.92 bits per heavy atom. The smallest absolute Gasteiger partial charge is 0.347 e. The Kier molecular flexibility index (Phi) is 5.50. The molecule has 0 saturated carbocycles. The summed E-state index contributed by atoms with van der Waals surface area (Å²) in [7, 11) is 0. The molecule has 37 heavy (non-hydrogen) atoms. The van der Waals surface area contributed by atoms with E-state index in [2.05, 4.69) is 20.9 Å². The summed E-state index contributed by atoms with van der Waals surface area (Å²) >= 11 is 0. The quantitative estimate of drug-likeness (QED) is 0.110. The zero-order valence-corrected chi connectivity index (χ0v) is 21.0. The van der Waals surface area contributed by atoms with E-state index in [1.165, 1.54) is 4.58 Å². The van der Waals surface area contributed by atoms with Crippen LogP contribution in [-0.2, 0) is 15.0 Å². The number of likely N-dealkylation sites (tertiary alicyclic amines) is 1. The van der Waals surface area contributed by atoms with Gasteiger partial charge in [0.2, 0.25) is 11.8 Å². The van der Waals surface area contributed by atoms with E-state index in [0.29, 0.717) is 5.56 Å². The van der Waals surface area contributed by atoms with E-state index in [9.17, 15) is 24.6 Å². The highest BCUT2D eigenvalue weighted by Crippen LogP contribution is 2.38. The summed E-state index contributed by atoms with van der Waals surface area (Å²) in [6.07, 6.45) is 0.252. The molecular weight excluding hydrogens is 480 g/mol. The van der Waals surface area contributed by atoms with Crippen molar-refractivity contribution >= 4 is 29.6 Å². The fourth-order valence-electron chi connectivity index (χ4n) is 5.79. The predicted molar refractivity (Wildman–Crippen MR) is 131 cm³/mol. The van der Waals surface area contributed by atoms with Gasteiger partial charge in [-0.1, -0.05) is 32.9 Å². The maximum absolute atomic E-state index is 13.2. The summed E-state index contributed by atoms with van der Waals surface area (Å²) in [4.78, 5) is 41.9. The van der Waals surface area contributed by atoms with Crippen LogP contribution in [0.3, 0.4) is 0 Å². The van der Waals surface area contributed by atoms with Crippen molar-refractivity contribution in [2.45, 2.75) is 68.6 Å². The van der Waals surface area contributed by atoms with Crippen LogP contribution >= 0.6 is 0 Å². The Labute approximate surface area is 213 Å². The van der Waals surface area contributed by atoms with Gasteiger partial charge in [-0.25, -0.2) is 9.89 Å². The van der Waals surface area contributed by atoms with Gasteiger partial charge < -0.3 is 15.5 Å². The van der Waals surface area contributed by atoms with Crippen LogP contribution in [0.15, 0.2) is 24.3 Å². The molecule has 10 N–H and O–H groups in total. The molecule has 0 aliphatic carbocycles. The van der Waals surface area contributed by atoms with Crippen LogP contribution in [0, 0.1) is 0 Å². The van der Waals surface area contributed by atoms with E-state index < -0.39 is 35.5 Å². The zero-order valence-electron chi connectivity index (χ0n) is 21.0. The number of aliphatic hydroxyl groups is 2. The highest BCUT2D eigenvalue weighted by molar-refractivity contribution is 6.02. The average molecular weight is 515 g/mol. The fourth-order valence-corrected chi connectivity index (χ4v) is 5.79. The third kappa shape index (κ3) is 3.72. The van der Waals surface area contributed by atoms with E-state index in [1.54, 1.807) is 18.2 Å². The lowest BCUT2D eigenvalue weighted by atomic mass is 9.84. The number of rotatable bonds is 4. The van der Waals surface area contributed by atoms with E-state index in [0.717, 1.165) is 10.5 Å². The molecule has 4 aliphatic rings. The Hall–Kier alpha value is -3.71. The molecule has 13 heteroatoms. The summed E-state index contributed by atoms with van der Waals surface area (Å²) < 4.78 is 1.51. The lowest BCUT2D eigenvalue weighted by molar-refractivity contribution is -0.674.